The maximum Gasteiger partial charge on any atom is 0.222 e. The number of nitrogens with zero attached hydrogens (tertiary/aromatic N) is 2. The van der Waals surface area contributed by atoms with E-state index in [1.54, 1.807) is 11.3 Å². The largest absolute Gasteiger partial charge is 0.357 e. The Labute approximate surface area is 165 Å². The summed E-state index contributed by atoms with van der Waals surface area (Å²) >= 11 is 1.80. The van der Waals surface area contributed by atoms with Crippen LogP contribution in [0.2, 0.25) is 0 Å². The van der Waals surface area contributed by atoms with Crippen molar-refractivity contribution in [3.63, 3.8) is 0 Å². The van der Waals surface area contributed by atoms with Gasteiger partial charge < -0.3 is 15.5 Å². The van der Waals surface area contributed by atoms with E-state index in [4.69, 9.17) is 4.99 Å². The second-order valence-electron chi connectivity index (χ2n) is 6.75. The predicted molar refractivity (Wildman–Crippen MR) is 112 cm³/mol. The third-order valence-electron chi connectivity index (χ3n) is 4.63. The Balaban J connectivity index is 1.65. The monoisotopic (exact) mass is 384 g/mol. The SMILES string of the molecule is CCNC(=NCc1ccccc1CN1CCCC1=O)NCc1ccc(C)s1. The van der Waals surface area contributed by atoms with E-state index in [2.05, 4.69) is 48.7 Å². The molecule has 0 bridgehead atoms. The van der Waals surface area contributed by atoms with Gasteiger partial charge in [-0.15, -0.1) is 11.3 Å². The molecule has 0 unspecified atom stereocenters. The zero-order chi connectivity index (χ0) is 19.1. The van der Waals surface area contributed by atoms with Crippen LogP contribution in [0.3, 0.4) is 0 Å². The molecule has 27 heavy (non-hydrogen) atoms. The van der Waals surface area contributed by atoms with Crippen molar-refractivity contribution >= 4 is 23.2 Å². The van der Waals surface area contributed by atoms with E-state index < -0.39 is 0 Å². The highest BCUT2D eigenvalue weighted by Gasteiger charge is 2.20. The average Bonchev–Trinajstić information content (AvgIpc) is 3.27. The normalized spacial score (nSPS) is 14.7. The zero-order valence-corrected chi connectivity index (χ0v) is 16.9. The number of thiophene rings is 1. The van der Waals surface area contributed by atoms with Gasteiger partial charge in [0.2, 0.25) is 5.91 Å². The van der Waals surface area contributed by atoms with Gasteiger partial charge in [-0.25, -0.2) is 4.99 Å². The van der Waals surface area contributed by atoms with Crippen molar-refractivity contribution in [1.29, 1.82) is 0 Å². The lowest BCUT2D eigenvalue weighted by Crippen LogP contribution is -2.36. The molecule has 0 spiro atoms. The summed E-state index contributed by atoms with van der Waals surface area (Å²) in [5.41, 5.74) is 2.35. The molecule has 2 aromatic rings. The van der Waals surface area contributed by atoms with Crippen LogP contribution < -0.4 is 10.6 Å². The molecule has 1 saturated heterocycles. The van der Waals surface area contributed by atoms with Crippen molar-refractivity contribution in [2.24, 2.45) is 4.99 Å². The number of aliphatic imine (C=N–C) groups is 1. The van der Waals surface area contributed by atoms with E-state index in [1.807, 2.05) is 17.0 Å². The van der Waals surface area contributed by atoms with E-state index >= 15 is 0 Å². The van der Waals surface area contributed by atoms with Gasteiger partial charge in [0.1, 0.15) is 0 Å². The first-order chi connectivity index (χ1) is 13.2. The van der Waals surface area contributed by atoms with Gasteiger partial charge in [-0.2, -0.15) is 0 Å². The van der Waals surface area contributed by atoms with Crippen molar-refractivity contribution in [2.45, 2.75) is 46.3 Å². The molecule has 3 rings (SSSR count). The molecule has 0 atom stereocenters. The van der Waals surface area contributed by atoms with Gasteiger partial charge in [-0.05, 0) is 43.5 Å². The fourth-order valence-corrected chi connectivity index (χ4v) is 4.03. The molecular weight excluding hydrogens is 356 g/mol. The van der Waals surface area contributed by atoms with E-state index in [0.717, 1.165) is 32.0 Å². The Morgan fingerprint density at radius 2 is 2.00 bits per heavy atom. The van der Waals surface area contributed by atoms with E-state index in [0.29, 0.717) is 19.5 Å². The van der Waals surface area contributed by atoms with Gasteiger partial charge >= 0.3 is 0 Å². The molecule has 0 saturated carbocycles. The van der Waals surface area contributed by atoms with Gasteiger partial charge in [-0.1, -0.05) is 24.3 Å². The Bertz CT molecular complexity index is 799. The summed E-state index contributed by atoms with van der Waals surface area (Å²) < 4.78 is 0. The molecule has 1 aliphatic heterocycles. The number of nitrogens with one attached hydrogen (secondary N) is 2. The average molecular weight is 385 g/mol. The number of amides is 1. The molecular formula is C21H28N4OS. The van der Waals surface area contributed by atoms with Crippen molar-refractivity contribution in [3.05, 3.63) is 57.3 Å². The zero-order valence-electron chi connectivity index (χ0n) is 16.1. The van der Waals surface area contributed by atoms with Gasteiger partial charge in [0, 0.05) is 35.8 Å². The van der Waals surface area contributed by atoms with Crippen LogP contribution in [-0.4, -0.2) is 29.9 Å². The maximum atomic E-state index is 11.9. The minimum Gasteiger partial charge on any atom is -0.357 e. The van der Waals surface area contributed by atoms with E-state index in [9.17, 15) is 4.79 Å². The van der Waals surface area contributed by atoms with Gasteiger partial charge in [0.25, 0.3) is 0 Å². The molecule has 1 aromatic carbocycles. The molecule has 5 nitrogen and oxygen atoms in total. The lowest BCUT2D eigenvalue weighted by Gasteiger charge is -2.18. The molecule has 1 aromatic heterocycles. The molecule has 6 heteroatoms. The minimum atomic E-state index is 0.259. The fraction of sp³-hybridized carbons (Fsp3) is 0.429. The van der Waals surface area contributed by atoms with Crippen LogP contribution in [0.15, 0.2) is 41.4 Å². The van der Waals surface area contributed by atoms with Gasteiger partial charge in [-0.3, -0.25) is 4.79 Å². The summed E-state index contributed by atoms with van der Waals surface area (Å²) in [7, 11) is 0. The molecule has 0 radical (unpaired) electrons. The lowest BCUT2D eigenvalue weighted by atomic mass is 10.1. The van der Waals surface area contributed by atoms with Crippen LogP contribution in [0.4, 0.5) is 0 Å². The standard InChI is InChI=1S/C21H28N4OS/c1-3-22-21(24-14-19-11-10-16(2)27-19)23-13-17-7-4-5-8-18(17)15-25-12-6-9-20(25)26/h4-5,7-8,10-11H,3,6,9,12-15H2,1-2H3,(H2,22,23,24). The number of carbonyl (C=O) groups is 1. The first-order valence-electron chi connectivity index (χ1n) is 9.57. The van der Waals surface area contributed by atoms with E-state index in [-0.39, 0.29) is 5.91 Å². The van der Waals surface area contributed by atoms with Crippen LogP contribution in [-0.2, 0) is 24.4 Å². The molecule has 2 heterocycles. The highest BCUT2D eigenvalue weighted by atomic mass is 32.1. The smallest absolute Gasteiger partial charge is 0.222 e. The Morgan fingerprint density at radius 1 is 1.19 bits per heavy atom. The number of likely N-dealkylation sites (tertiary alicyclic amines) is 1. The Morgan fingerprint density at radius 3 is 2.67 bits per heavy atom. The van der Waals surface area contributed by atoms with Crippen molar-refractivity contribution < 1.29 is 4.79 Å². The first-order valence-corrected chi connectivity index (χ1v) is 10.4. The van der Waals surface area contributed by atoms with Gasteiger partial charge in [0.15, 0.2) is 5.96 Å². The Kier molecular flexibility index (Phi) is 6.87. The second kappa shape index (κ2) is 9.55. The molecule has 144 valence electrons. The quantitative estimate of drug-likeness (QED) is 0.568. The van der Waals surface area contributed by atoms with Crippen LogP contribution in [0.1, 0.15) is 40.6 Å². The Hall–Kier alpha value is -2.34. The molecule has 1 fully saturated rings. The van der Waals surface area contributed by atoms with Crippen LogP contribution >= 0.6 is 11.3 Å². The highest BCUT2D eigenvalue weighted by molar-refractivity contribution is 7.11. The van der Waals surface area contributed by atoms with Gasteiger partial charge in [0.05, 0.1) is 13.1 Å². The summed E-state index contributed by atoms with van der Waals surface area (Å²) in [6.07, 6.45) is 1.65. The summed E-state index contributed by atoms with van der Waals surface area (Å²) in [6, 6.07) is 12.6. The number of rotatable bonds is 7. The number of aryl methyl sites for hydroxylation is 1. The number of hydrogen-bond donors (Lipinski definition) is 2. The third-order valence-corrected chi connectivity index (χ3v) is 5.63. The predicted octanol–water partition coefficient (Wildman–Crippen LogP) is 3.43. The number of benzene rings is 1. The molecule has 2 N–H and O–H groups in total. The van der Waals surface area contributed by atoms with Crippen molar-refractivity contribution in [1.82, 2.24) is 15.5 Å². The van der Waals surface area contributed by atoms with Crippen LogP contribution in [0.25, 0.3) is 0 Å². The number of carbonyl (C=O) groups excluding carboxylic acids is 1. The molecule has 0 aliphatic carbocycles. The molecule has 1 amide bonds. The van der Waals surface area contributed by atoms with Crippen LogP contribution in [0, 0.1) is 6.92 Å². The number of guanidine groups is 1. The molecule has 1 aliphatic rings. The second-order valence-corrected chi connectivity index (χ2v) is 8.12. The minimum absolute atomic E-state index is 0.259. The van der Waals surface area contributed by atoms with Crippen molar-refractivity contribution in [3.8, 4) is 0 Å². The highest BCUT2D eigenvalue weighted by Crippen LogP contribution is 2.18. The third kappa shape index (κ3) is 5.57. The summed E-state index contributed by atoms with van der Waals surface area (Å²) in [6.45, 7) is 7.92. The summed E-state index contributed by atoms with van der Waals surface area (Å²) in [5.74, 6) is 1.07. The lowest BCUT2D eigenvalue weighted by molar-refractivity contribution is -0.128. The van der Waals surface area contributed by atoms with E-state index in [1.165, 1.54) is 20.9 Å². The summed E-state index contributed by atoms with van der Waals surface area (Å²) in [5, 5.41) is 6.71. The topological polar surface area (TPSA) is 56.7 Å². The number of hydrogen-bond acceptors (Lipinski definition) is 3. The maximum absolute atomic E-state index is 11.9. The van der Waals surface area contributed by atoms with Crippen molar-refractivity contribution in [2.75, 3.05) is 13.1 Å². The summed E-state index contributed by atoms with van der Waals surface area (Å²) in [4.78, 5) is 21.3. The van der Waals surface area contributed by atoms with Crippen LogP contribution in [0.5, 0.6) is 0 Å². The first kappa shape index (κ1) is 19.4. The fourth-order valence-electron chi connectivity index (χ4n) is 3.20.